The van der Waals surface area contributed by atoms with E-state index in [-0.39, 0.29) is 26.0 Å². The van der Waals surface area contributed by atoms with Crippen LogP contribution in [0.25, 0.3) is 27.8 Å². The smallest absolute Gasteiger partial charge is 0.282 e. The quantitative estimate of drug-likeness (QED) is 0.320. The van der Waals surface area contributed by atoms with Crippen molar-refractivity contribution < 1.29 is 20.4 Å². The molecule has 0 fully saturated rings. The monoisotopic (exact) mass is 552 g/mol. The summed E-state index contributed by atoms with van der Waals surface area (Å²) in [5, 5.41) is 5.64. The van der Waals surface area contributed by atoms with Crippen molar-refractivity contribution in [3.63, 3.8) is 0 Å². The van der Waals surface area contributed by atoms with Gasteiger partial charge in [0, 0.05) is 38.6 Å². The van der Waals surface area contributed by atoms with Gasteiger partial charge in [-0.05, 0) is 30.3 Å². The zero-order chi connectivity index (χ0) is 19.1. The molecule has 0 unspecified atom stereocenters. The van der Waals surface area contributed by atoms with Gasteiger partial charge in [-0.1, -0.05) is 42.6 Å². The first-order valence-electron chi connectivity index (χ1n) is 9.10. The van der Waals surface area contributed by atoms with Gasteiger partial charge < -0.3 is 4.57 Å². The summed E-state index contributed by atoms with van der Waals surface area (Å²) in [5.41, 5.74) is 4.94. The van der Waals surface area contributed by atoms with Gasteiger partial charge in [-0.15, -0.1) is 0 Å². The Hall–Kier alpha value is -3.07. The van der Waals surface area contributed by atoms with Crippen molar-refractivity contribution in [2.45, 2.75) is 13.5 Å². The molecule has 0 amide bonds. The molecule has 1 aromatic heterocycles. The average molecular weight is 552 g/mol. The zero-order valence-corrected chi connectivity index (χ0v) is 18.4. The van der Waals surface area contributed by atoms with E-state index in [4.69, 9.17) is 0 Å². The van der Waals surface area contributed by atoms with Gasteiger partial charge in [0.05, 0.1) is 16.8 Å². The van der Waals surface area contributed by atoms with E-state index in [0.29, 0.717) is 12.1 Å². The minimum Gasteiger partial charge on any atom is -0.342 e. The Bertz CT molecular complexity index is 1320. The first-order valence-corrected chi connectivity index (χ1v) is 9.10. The van der Waals surface area contributed by atoms with Crippen molar-refractivity contribution in [3.05, 3.63) is 101 Å². The van der Waals surface area contributed by atoms with E-state index >= 15 is 0 Å². The minimum absolute atomic E-state index is 0. The molecule has 0 atom stereocenters. The first-order chi connectivity index (χ1) is 13.7. The van der Waals surface area contributed by atoms with Gasteiger partial charge in [0.25, 0.3) is 5.56 Å². The molecule has 1 radical (unpaired) electrons. The Morgan fingerprint density at radius 2 is 1.83 bits per heavy atom. The number of rotatable bonds is 3. The Morgan fingerprint density at radius 1 is 1.03 bits per heavy atom. The minimum atomic E-state index is -0.113. The van der Waals surface area contributed by atoms with Crippen LogP contribution >= 0.6 is 0 Å². The maximum atomic E-state index is 13.2. The van der Waals surface area contributed by atoms with Crippen LogP contribution in [0.5, 0.6) is 0 Å². The van der Waals surface area contributed by atoms with Crippen LogP contribution in [0.4, 0.5) is 0 Å². The summed E-state index contributed by atoms with van der Waals surface area (Å²) >= 11 is 0. The molecule has 0 spiro atoms. The van der Waals surface area contributed by atoms with Crippen LogP contribution < -0.4 is 5.56 Å². The molecule has 0 bridgehead atoms. The maximum absolute atomic E-state index is 13.2. The van der Waals surface area contributed by atoms with Crippen LogP contribution in [-0.4, -0.2) is 19.3 Å². The number of aryl methyl sites for hydroxylation is 1. The summed E-state index contributed by atoms with van der Waals surface area (Å²) in [6.07, 6.45) is 3.55. The van der Waals surface area contributed by atoms with E-state index in [1.807, 2.05) is 73.8 Å². The van der Waals surface area contributed by atoms with Crippen molar-refractivity contribution in [1.82, 2.24) is 19.3 Å². The second-order valence-corrected chi connectivity index (χ2v) is 6.79. The number of benzene rings is 2. The van der Waals surface area contributed by atoms with E-state index in [2.05, 4.69) is 20.7 Å². The summed E-state index contributed by atoms with van der Waals surface area (Å²) in [6.45, 7) is 2.55. The van der Waals surface area contributed by atoms with Gasteiger partial charge in [0.2, 0.25) is 0 Å². The molecule has 2 aliphatic heterocycles. The fourth-order valence-electron chi connectivity index (χ4n) is 3.59. The standard InChI is InChI=1S/C23H17N4O.Re/c1-16-8-2-4-11-20(16)27-23(28)19-15-26(14-17-9-6-7-13-24-17)21-12-5-3-10-18(21)22(19)25-27;/h2-6,8-13,15H,14H2,1H3;/q-1;. The van der Waals surface area contributed by atoms with Crippen molar-refractivity contribution in [1.29, 1.82) is 0 Å². The molecule has 0 aliphatic carbocycles. The summed E-state index contributed by atoms with van der Waals surface area (Å²) in [7, 11) is 0. The van der Waals surface area contributed by atoms with Gasteiger partial charge in [0.15, 0.2) is 0 Å². The van der Waals surface area contributed by atoms with E-state index < -0.39 is 0 Å². The number of pyridine rings is 2. The molecule has 29 heavy (non-hydrogen) atoms. The van der Waals surface area contributed by atoms with Gasteiger partial charge in [-0.2, -0.15) is 15.8 Å². The van der Waals surface area contributed by atoms with Crippen molar-refractivity contribution in [3.8, 4) is 16.9 Å². The number of fused-ring (bicyclic) bond motifs is 3. The third-order valence-electron chi connectivity index (χ3n) is 4.98. The number of para-hydroxylation sites is 2. The largest absolute Gasteiger partial charge is 0.342 e. The second kappa shape index (κ2) is 7.75. The topological polar surface area (TPSA) is 52.7 Å². The van der Waals surface area contributed by atoms with Crippen LogP contribution in [0.15, 0.2) is 77.9 Å². The summed E-state index contributed by atoms with van der Waals surface area (Å²) in [4.78, 5) is 17.6. The molecule has 2 aliphatic rings. The number of hydrogen-bond acceptors (Lipinski definition) is 3. The molecule has 3 aromatic rings. The third-order valence-corrected chi connectivity index (χ3v) is 4.98. The molecule has 0 saturated heterocycles. The molecular formula is C23H17N4ORe-. The second-order valence-electron chi connectivity index (χ2n) is 6.79. The molecule has 2 aromatic carbocycles. The molecule has 5 rings (SSSR count). The normalized spacial score (nSPS) is 10.9. The van der Waals surface area contributed by atoms with E-state index in [1.165, 1.54) is 4.68 Å². The summed E-state index contributed by atoms with van der Waals surface area (Å²) in [5.74, 6) is 0. The predicted molar refractivity (Wildman–Crippen MR) is 109 cm³/mol. The van der Waals surface area contributed by atoms with Gasteiger partial charge in [-0.3, -0.25) is 9.78 Å². The van der Waals surface area contributed by atoms with E-state index in [1.54, 1.807) is 6.20 Å². The Labute approximate surface area is 181 Å². The Morgan fingerprint density at radius 3 is 2.62 bits per heavy atom. The molecule has 6 heteroatoms. The van der Waals surface area contributed by atoms with Crippen LogP contribution in [0.1, 0.15) is 11.3 Å². The summed E-state index contributed by atoms with van der Waals surface area (Å²) < 4.78 is 3.57. The fourth-order valence-corrected chi connectivity index (χ4v) is 3.59. The number of hydrogen-bond donors (Lipinski definition) is 0. The summed E-state index contributed by atoms with van der Waals surface area (Å²) in [6, 6.07) is 22.5. The Balaban J connectivity index is 0.00000205. The molecule has 3 heterocycles. The van der Waals surface area contributed by atoms with Crippen LogP contribution in [-0.2, 0) is 27.0 Å². The van der Waals surface area contributed by atoms with Gasteiger partial charge in [-0.25, -0.2) is 12.1 Å². The van der Waals surface area contributed by atoms with Crippen molar-refractivity contribution in [2.24, 2.45) is 0 Å². The molecule has 0 saturated carbocycles. The Kier molecular flexibility index (Phi) is 5.14. The molecular weight excluding hydrogens is 534 g/mol. The number of aromatic nitrogens is 4. The van der Waals surface area contributed by atoms with Crippen molar-refractivity contribution >= 4 is 10.9 Å². The average Bonchev–Trinajstić information content (AvgIpc) is 3.06. The molecule has 143 valence electrons. The van der Waals surface area contributed by atoms with E-state index in [9.17, 15) is 4.79 Å². The first kappa shape index (κ1) is 19.3. The zero-order valence-electron chi connectivity index (χ0n) is 15.7. The van der Waals surface area contributed by atoms with Crippen LogP contribution in [0.2, 0.25) is 0 Å². The van der Waals surface area contributed by atoms with E-state index in [0.717, 1.165) is 33.5 Å². The van der Waals surface area contributed by atoms with Gasteiger partial charge in [0.1, 0.15) is 5.69 Å². The molecule has 0 N–H and O–H groups in total. The predicted octanol–water partition coefficient (Wildman–Crippen LogP) is 3.84. The molecule has 5 nitrogen and oxygen atoms in total. The van der Waals surface area contributed by atoms with Crippen LogP contribution in [0.3, 0.4) is 0 Å². The van der Waals surface area contributed by atoms with Gasteiger partial charge >= 0.3 is 0 Å². The SMILES string of the molecule is Cc1ccccc1-n1nc2c3ccccc3n(Cc3cc[c-]cn3)cc-2c1=O.[Re]. The van der Waals surface area contributed by atoms with Crippen LogP contribution in [0, 0.1) is 13.0 Å². The number of nitrogens with zero attached hydrogens (tertiary/aromatic N) is 4. The van der Waals surface area contributed by atoms with Crippen molar-refractivity contribution in [2.75, 3.05) is 0 Å². The fraction of sp³-hybridized carbons (Fsp3) is 0.0870. The maximum Gasteiger partial charge on any atom is 0.282 e. The third kappa shape index (κ3) is 3.31.